The Morgan fingerprint density at radius 2 is 2.31 bits per heavy atom. The van der Waals surface area contributed by atoms with E-state index in [1.54, 1.807) is 6.26 Å². The topological polar surface area (TPSA) is 43.6 Å². The highest BCUT2D eigenvalue weighted by molar-refractivity contribution is 5.15. The summed E-state index contributed by atoms with van der Waals surface area (Å²) < 4.78 is 16.3. The van der Waals surface area contributed by atoms with E-state index < -0.39 is 0 Å². The molecule has 0 radical (unpaired) electrons. The number of ether oxygens (including phenoxy) is 2. The molecule has 1 rings (SSSR count). The Bertz CT molecular complexity index is 286. The van der Waals surface area contributed by atoms with Gasteiger partial charge in [0, 0.05) is 12.2 Å². The highest BCUT2D eigenvalue weighted by Crippen LogP contribution is 2.12. The van der Waals surface area contributed by atoms with E-state index in [9.17, 15) is 0 Å². The SMILES string of the molecule is CCOCC(C)OCc1ccoc1CNC. The largest absolute Gasteiger partial charge is 0.468 e. The van der Waals surface area contributed by atoms with Gasteiger partial charge in [-0.05, 0) is 27.0 Å². The van der Waals surface area contributed by atoms with Crippen molar-refractivity contribution in [3.63, 3.8) is 0 Å². The Balaban J connectivity index is 2.32. The van der Waals surface area contributed by atoms with Crippen molar-refractivity contribution in [3.8, 4) is 0 Å². The van der Waals surface area contributed by atoms with Gasteiger partial charge in [-0.1, -0.05) is 0 Å². The van der Waals surface area contributed by atoms with Gasteiger partial charge in [0.1, 0.15) is 5.76 Å². The van der Waals surface area contributed by atoms with Gasteiger partial charge in [0.15, 0.2) is 0 Å². The monoisotopic (exact) mass is 227 g/mol. The minimum absolute atomic E-state index is 0.109. The van der Waals surface area contributed by atoms with Crippen molar-refractivity contribution < 1.29 is 13.9 Å². The smallest absolute Gasteiger partial charge is 0.123 e. The summed E-state index contributed by atoms with van der Waals surface area (Å²) in [5, 5.41) is 3.06. The van der Waals surface area contributed by atoms with Gasteiger partial charge in [0.05, 0.1) is 32.1 Å². The molecule has 1 aromatic rings. The number of hydrogen-bond donors (Lipinski definition) is 1. The summed E-state index contributed by atoms with van der Waals surface area (Å²) in [7, 11) is 1.89. The summed E-state index contributed by atoms with van der Waals surface area (Å²) in [5.74, 6) is 0.936. The van der Waals surface area contributed by atoms with Crippen LogP contribution < -0.4 is 5.32 Å². The van der Waals surface area contributed by atoms with Crippen molar-refractivity contribution in [1.82, 2.24) is 5.32 Å². The van der Waals surface area contributed by atoms with Crippen LogP contribution in [-0.2, 0) is 22.6 Å². The van der Waals surface area contributed by atoms with Crippen molar-refractivity contribution in [2.75, 3.05) is 20.3 Å². The third-order valence-electron chi connectivity index (χ3n) is 2.26. The zero-order valence-corrected chi connectivity index (χ0v) is 10.3. The fourth-order valence-corrected chi connectivity index (χ4v) is 1.38. The van der Waals surface area contributed by atoms with E-state index in [-0.39, 0.29) is 6.10 Å². The first-order chi connectivity index (χ1) is 7.77. The van der Waals surface area contributed by atoms with E-state index in [1.807, 2.05) is 27.0 Å². The summed E-state index contributed by atoms with van der Waals surface area (Å²) >= 11 is 0. The number of rotatable bonds is 8. The molecule has 1 N–H and O–H groups in total. The predicted molar refractivity (Wildman–Crippen MR) is 62.2 cm³/mol. The number of furan rings is 1. The fraction of sp³-hybridized carbons (Fsp3) is 0.667. The lowest BCUT2D eigenvalue weighted by atomic mass is 10.2. The van der Waals surface area contributed by atoms with E-state index in [4.69, 9.17) is 13.9 Å². The Labute approximate surface area is 96.9 Å². The van der Waals surface area contributed by atoms with Crippen molar-refractivity contribution in [2.45, 2.75) is 33.1 Å². The molecular weight excluding hydrogens is 206 g/mol. The lowest BCUT2D eigenvalue weighted by Gasteiger charge is -2.12. The Kier molecular flexibility index (Phi) is 6.15. The third-order valence-corrected chi connectivity index (χ3v) is 2.26. The second kappa shape index (κ2) is 7.44. The summed E-state index contributed by atoms with van der Waals surface area (Å²) in [6, 6.07) is 1.94. The average Bonchev–Trinajstić information content (AvgIpc) is 2.72. The maximum Gasteiger partial charge on any atom is 0.123 e. The first-order valence-corrected chi connectivity index (χ1v) is 5.67. The third kappa shape index (κ3) is 4.35. The quantitative estimate of drug-likeness (QED) is 0.737. The number of hydrogen-bond acceptors (Lipinski definition) is 4. The van der Waals surface area contributed by atoms with Gasteiger partial charge < -0.3 is 19.2 Å². The van der Waals surface area contributed by atoms with Crippen LogP contribution in [-0.4, -0.2) is 26.4 Å². The molecule has 0 aliphatic rings. The number of nitrogens with one attached hydrogen (secondary N) is 1. The minimum atomic E-state index is 0.109. The predicted octanol–water partition coefficient (Wildman–Crippen LogP) is 1.94. The first kappa shape index (κ1) is 13.2. The molecule has 4 nitrogen and oxygen atoms in total. The molecule has 0 aromatic carbocycles. The molecule has 0 saturated carbocycles. The van der Waals surface area contributed by atoms with Crippen LogP contribution in [0.25, 0.3) is 0 Å². The fourth-order valence-electron chi connectivity index (χ4n) is 1.38. The van der Waals surface area contributed by atoms with Gasteiger partial charge in [-0.25, -0.2) is 0 Å². The van der Waals surface area contributed by atoms with Gasteiger partial charge in [-0.3, -0.25) is 0 Å². The van der Waals surface area contributed by atoms with Crippen LogP contribution in [0, 0.1) is 0 Å². The van der Waals surface area contributed by atoms with Crippen LogP contribution in [0.5, 0.6) is 0 Å². The molecule has 1 unspecified atom stereocenters. The van der Waals surface area contributed by atoms with E-state index in [2.05, 4.69) is 5.32 Å². The van der Waals surface area contributed by atoms with Crippen LogP contribution in [0.2, 0.25) is 0 Å². The van der Waals surface area contributed by atoms with Gasteiger partial charge >= 0.3 is 0 Å². The van der Waals surface area contributed by atoms with Crippen LogP contribution in [0.3, 0.4) is 0 Å². The maximum absolute atomic E-state index is 5.66. The van der Waals surface area contributed by atoms with Gasteiger partial charge in [0.25, 0.3) is 0 Å². The van der Waals surface area contributed by atoms with E-state index in [0.29, 0.717) is 13.2 Å². The van der Waals surface area contributed by atoms with Crippen LogP contribution in [0.15, 0.2) is 16.7 Å². The first-order valence-electron chi connectivity index (χ1n) is 5.67. The normalized spacial score (nSPS) is 12.9. The molecule has 16 heavy (non-hydrogen) atoms. The van der Waals surface area contributed by atoms with Crippen LogP contribution in [0.4, 0.5) is 0 Å². The van der Waals surface area contributed by atoms with E-state index in [0.717, 1.165) is 24.5 Å². The lowest BCUT2D eigenvalue weighted by Crippen LogP contribution is -2.16. The van der Waals surface area contributed by atoms with Crippen molar-refractivity contribution in [2.24, 2.45) is 0 Å². The average molecular weight is 227 g/mol. The summed E-state index contributed by atoms with van der Waals surface area (Å²) in [4.78, 5) is 0. The molecule has 0 aliphatic heterocycles. The molecule has 1 heterocycles. The van der Waals surface area contributed by atoms with E-state index in [1.165, 1.54) is 0 Å². The molecule has 0 saturated heterocycles. The second-order valence-electron chi connectivity index (χ2n) is 3.68. The Hall–Kier alpha value is -0.840. The second-order valence-corrected chi connectivity index (χ2v) is 3.68. The Morgan fingerprint density at radius 3 is 3.00 bits per heavy atom. The van der Waals surface area contributed by atoms with Crippen molar-refractivity contribution in [3.05, 3.63) is 23.7 Å². The van der Waals surface area contributed by atoms with Gasteiger partial charge in [-0.15, -0.1) is 0 Å². The molecule has 92 valence electrons. The molecule has 0 bridgehead atoms. The van der Waals surface area contributed by atoms with Gasteiger partial charge in [0.2, 0.25) is 0 Å². The van der Waals surface area contributed by atoms with E-state index >= 15 is 0 Å². The molecule has 0 aliphatic carbocycles. The standard InChI is InChI=1S/C12H21NO3/c1-4-14-8-10(2)16-9-11-5-6-15-12(11)7-13-3/h5-6,10,13H,4,7-9H2,1-3H3. The lowest BCUT2D eigenvalue weighted by molar-refractivity contribution is -0.0121. The van der Waals surface area contributed by atoms with Crippen molar-refractivity contribution >= 4 is 0 Å². The Morgan fingerprint density at radius 1 is 1.50 bits per heavy atom. The molecule has 0 amide bonds. The molecular formula is C12H21NO3. The van der Waals surface area contributed by atoms with Crippen LogP contribution >= 0.6 is 0 Å². The molecule has 4 heteroatoms. The summed E-state index contributed by atoms with van der Waals surface area (Å²) in [6.45, 7) is 6.65. The summed E-state index contributed by atoms with van der Waals surface area (Å²) in [6.07, 6.45) is 1.80. The molecule has 1 atom stereocenters. The van der Waals surface area contributed by atoms with Gasteiger partial charge in [-0.2, -0.15) is 0 Å². The molecule has 0 spiro atoms. The molecule has 0 fully saturated rings. The molecule has 1 aromatic heterocycles. The zero-order chi connectivity index (χ0) is 11.8. The summed E-state index contributed by atoms with van der Waals surface area (Å²) in [5.41, 5.74) is 1.10. The highest BCUT2D eigenvalue weighted by Gasteiger charge is 2.08. The zero-order valence-electron chi connectivity index (χ0n) is 10.3. The minimum Gasteiger partial charge on any atom is -0.468 e. The van der Waals surface area contributed by atoms with Crippen molar-refractivity contribution in [1.29, 1.82) is 0 Å². The van der Waals surface area contributed by atoms with Crippen LogP contribution in [0.1, 0.15) is 25.2 Å². The maximum atomic E-state index is 5.66. The highest BCUT2D eigenvalue weighted by atomic mass is 16.5.